The van der Waals surface area contributed by atoms with Crippen LogP contribution in [0.3, 0.4) is 0 Å². The molecule has 0 bridgehead atoms. The number of pyridine rings is 1. The summed E-state index contributed by atoms with van der Waals surface area (Å²) in [6, 6.07) is 5.58. The number of nitrogens with zero attached hydrogens (tertiary/aromatic N) is 4. The molecule has 2 amide bonds. The lowest BCUT2D eigenvalue weighted by Crippen LogP contribution is -2.38. The number of carbonyl (C=O) groups excluding carboxylic acids is 2. The van der Waals surface area contributed by atoms with Crippen molar-refractivity contribution in [1.82, 2.24) is 25.0 Å². The summed E-state index contributed by atoms with van der Waals surface area (Å²) in [7, 11) is 0. The number of amides is 2. The van der Waals surface area contributed by atoms with E-state index in [1.807, 2.05) is 34.0 Å². The number of nitrogens with one attached hydrogen (secondary N) is 1. The molecule has 142 valence electrons. The van der Waals surface area contributed by atoms with Gasteiger partial charge in [-0.05, 0) is 43.7 Å². The molecule has 0 atom stereocenters. The van der Waals surface area contributed by atoms with Crippen molar-refractivity contribution in [2.45, 2.75) is 36.8 Å². The summed E-state index contributed by atoms with van der Waals surface area (Å²) < 4.78 is 1.83. The number of hydrogen-bond acceptors (Lipinski definition) is 5. The van der Waals surface area contributed by atoms with Gasteiger partial charge < -0.3 is 10.2 Å². The Bertz CT molecular complexity index is 858. The van der Waals surface area contributed by atoms with Gasteiger partial charge in [-0.1, -0.05) is 0 Å². The first-order chi connectivity index (χ1) is 13.2. The minimum atomic E-state index is -0.0416. The molecule has 27 heavy (non-hydrogen) atoms. The predicted octanol–water partition coefficient (Wildman–Crippen LogP) is 2.15. The second kappa shape index (κ2) is 7.72. The van der Waals surface area contributed by atoms with E-state index in [2.05, 4.69) is 15.4 Å². The fourth-order valence-corrected chi connectivity index (χ4v) is 4.32. The van der Waals surface area contributed by atoms with Crippen LogP contribution in [0.25, 0.3) is 0 Å². The number of likely N-dealkylation sites (tertiary alicyclic amines) is 1. The highest BCUT2D eigenvalue weighted by atomic mass is 32.2. The molecule has 2 aliphatic heterocycles. The Balaban J connectivity index is 1.44. The summed E-state index contributed by atoms with van der Waals surface area (Å²) in [5.74, 6) is 0.293. The van der Waals surface area contributed by atoms with Crippen molar-refractivity contribution in [1.29, 1.82) is 0 Å². The lowest BCUT2D eigenvalue weighted by molar-refractivity contribution is 0.0707. The number of aromatic nitrogens is 3. The quantitative estimate of drug-likeness (QED) is 0.819. The van der Waals surface area contributed by atoms with Gasteiger partial charge in [-0.25, -0.2) is 4.98 Å². The lowest BCUT2D eigenvalue weighted by atomic mass is 9.93. The molecule has 4 rings (SSSR count). The maximum atomic E-state index is 12.9. The summed E-state index contributed by atoms with van der Waals surface area (Å²) in [6.45, 7) is 2.86. The topological polar surface area (TPSA) is 80.1 Å². The van der Waals surface area contributed by atoms with Gasteiger partial charge in [0.05, 0.1) is 11.3 Å². The molecular formula is C19H23N5O2S. The van der Waals surface area contributed by atoms with Crippen LogP contribution in [-0.4, -0.2) is 57.4 Å². The zero-order valence-corrected chi connectivity index (χ0v) is 16.2. The highest BCUT2D eigenvalue weighted by Gasteiger charge is 2.29. The first kappa shape index (κ1) is 18.0. The third-order valence-corrected chi connectivity index (χ3v) is 5.97. The van der Waals surface area contributed by atoms with E-state index < -0.39 is 0 Å². The third-order valence-electron chi connectivity index (χ3n) is 5.26. The molecule has 0 aromatic carbocycles. The minimum Gasteiger partial charge on any atom is -0.351 e. The smallest absolute Gasteiger partial charge is 0.269 e. The fraction of sp³-hybridized carbons (Fsp3) is 0.474. The second-order valence-corrected chi connectivity index (χ2v) is 7.71. The fourth-order valence-electron chi connectivity index (χ4n) is 3.78. The molecule has 2 aromatic rings. The van der Waals surface area contributed by atoms with Gasteiger partial charge >= 0.3 is 0 Å². The molecule has 0 saturated carbocycles. The predicted molar refractivity (Wildman–Crippen MR) is 103 cm³/mol. The minimum absolute atomic E-state index is 0.0416. The van der Waals surface area contributed by atoms with Crippen LogP contribution >= 0.6 is 11.8 Å². The first-order valence-corrected chi connectivity index (χ1v) is 10.5. The Morgan fingerprint density at radius 3 is 2.89 bits per heavy atom. The lowest BCUT2D eigenvalue weighted by Gasteiger charge is -2.31. The molecule has 0 spiro atoms. The van der Waals surface area contributed by atoms with E-state index in [1.165, 1.54) is 11.8 Å². The van der Waals surface area contributed by atoms with E-state index in [1.54, 1.807) is 6.20 Å². The largest absolute Gasteiger partial charge is 0.351 e. The van der Waals surface area contributed by atoms with Gasteiger partial charge in [0, 0.05) is 38.3 Å². The summed E-state index contributed by atoms with van der Waals surface area (Å²) in [6.07, 6.45) is 6.27. The summed E-state index contributed by atoms with van der Waals surface area (Å²) in [5, 5.41) is 8.36. The maximum absolute atomic E-state index is 12.9. The highest BCUT2D eigenvalue weighted by Crippen LogP contribution is 2.29. The molecule has 1 saturated heterocycles. The maximum Gasteiger partial charge on any atom is 0.269 e. The van der Waals surface area contributed by atoms with E-state index in [0.717, 1.165) is 36.5 Å². The van der Waals surface area contributed by atoms with Crippen LogP contribution in [-0.2, 0) is 6.54 Å². The van der Waals surface area contributed by atoms with Crippen molar-refractivity contribution < 1.29 is 9.59 Å². The van der Waals surface area contributed by atoms with Crippen molar-refractivity contribution in [3.05, 3.63) is 41.3 Å². The molecule has 0 aliphatic carbocycles. The molecule has 1 N–H and O–H groups in total. The Morgan fingerprint density at radius 2 is 2.11 bits per heavy atom. The third kappa shape index (κ3) is 3.58. The molecule has 0 unspecified atom stereocenters. The average Bonchev–Trinajstić information content (AvgIpc) is 3.07. The van der Waals surface area contributed by atoms with Crippen molar-refractivity contribution >= 4 is 23.6 Å². The van der Waals surface area contributed by atoms with Gasteiger partial charge in [-0.2, -0.15) is 5.10 Å². The number of carbonyl (C=O) groups is 2. The molecule has 4 heterocycles. The van der Waals surface area contributed by atoms with Crippen LogP contribution in [0.2, 0.25) is 0 Å². The van der Waals surface area contributed by atoms with E-state index in [-0.39, 0.29) is 17.7 Å². The van der Waals surface area contributed by atoms with Crippen LogP contribution in [0.5, 0.6) is 0 Å². The summed E-state index contributed by atoms with van der Waals surface area (Å²) >= 11 is 1.49. The Hall–Kier alpha value is -2.35. The molecule has 8 heteroatoms. The standard InChI is InChI=1S/C19H23N5O2S/c1-27-18-14(4-2-7-21-18)19(26)23-10-5-13(6-11-23)15-12-16-17(25)20-8-3-9-24(16)22-15/h2,4,7,12-13H,3,5-6,8-11H2,1H3,(H,20,25). The van der Waals surface area contributed by atoms with E-state index in [0.29, 0.717) is 30.9 Å². The molecule has 2 aliphatic rings. The Morgan fingerprint density at radius 1 is 1.30 bits per heavy atom. The van der Waals surface area contributed by atoms with Gasteiger partial charge in [0.2, 0.25) is 0 Å². The Labute approximate surface area is 162 Å². The van der Waals surface area contributed by atoms with Crippen LogP contribution in [0.1, 0.15) is 51.7 Å². The van der Waals surface area contributed by atoms with Crippen LogP contribution < -0.4 is 5.32 Å². The van der Waals surface area contributed by atoms with Crippen LogP contribution in [0.4, 0.5) is 0 Å². The SMILES string of the molecule is CSc1ncccc1C(=O)N1CCC(c2cc3n(n2)CCCNC3=O)CC1. The molecule has 7 nitrogen and oxygen atoms in total. The molecule has 2 aromatic heterocycles. The van der Waals surface area contributed by atoms with E-state index in [4.69, 9.17) is 0 Å². The Kier molecular flexibility index (Phi) is 5.15. The number of rotatable bonds is 3. The normalized spacial score (nSPS) is 18.0. The van der Waals surface area contributed by atoms with Crippen LogP contribution in [0.15, 0.2) is 29.4 Å². The highest BCUT2D eigenvalue weighted by molar-refractivity contribution is 7.98. The van der Waals surface area contributed by atoms with Gasteiger partial charge in [0.1, 0.15) is 10.7 Å². The zero-order chi connectivity index (χ0) is 18.8. The van der Waals surface area contributed by atoms with Crippen molar-refractivity contribution in [2.24, 2.45) is 0 Å². The second-order valence-electron chi connectivity index (χ2n) is 6.91. The number of thioether (sulfide) groups is 1. The van der Waals surface area contributed by atoms with Gasteiger partial charge in [-0.15, -0.1) is 11.8 Å². The zero-order valence-electron chi connectivity index (χ0n) is 15.4. The number of hydrogen-bond donors (Lipinski definition) is 1. The molecule has 0 radical (unpaired) electrons. The molecular weight excluding hydrogens is 362 g/mol. The van der Waals surface area contributed by atoms with E-state index in [9.17, 15) is 9.59 Å². The summed E-state index contributed by atoms with van der Waals surface area (Å²) in [4.78, 5) is 31.2. The number of aryl methyl sites for hydroxylation is 1. The van der Waals surface area contributed by atoms with Gasteiger partial charge in [0.25, 0.3) is 11.8 Å². The average molecular weight is 385 g/mol. The van der Waals surface area contributed by atoms with E-state index >= 15 is 0 Å². The first-order valence-electron chi connectivity index (χ1n) is 9.31. The van der Waals surface area contributed by atoms with Crippen molar-refractivity contribution in [2.75, 3.05) is 25.9 Å². The van der Waals surface area contributed by atoms with Crippen molar-refractivity contribution in [3.63, 3.8) is 0 Å². The molecule has 1 fully saturated rings. The monoisotopic (exact) mass is 385 g/mol. The van der Waals surface area contributed by atoms with Crippen molar-refractivity contribution in [3.8, 4) is 0 Å². The number of fused-ring (bicyclic) bond motifs is 1. The van der Waals surface area contributed by atoms with Crippen LogP contribution in [0, 0.1) is 0 Å². The summed E-state index contributed by atoms with van der Waals surface area (Å²) in [5.41, 5.74) is 2.30. The number of piperidine rings is 1. The van der Waals surface area contributed by atoms with Gasteiger partial charge in [0.15, 0.2) is 0 Å². The van der Waals surface area contributed by atoms with Gasteiger partial charge in [-0.3, -0.25) is 14.3 Å².